The number of sulfonamides is 1. The molecule has 0 aromatic heterocycles. The molecule has 1 N–H and O–H groups in total. The van der Waals surface area contributed by atoms with E-state index in [0.29, 0.717) is 51.6 Å². The summed E-state index contributed by atoms with van der Waals surface area (Å²) >= 11 is 0. The van der Waals surface area contributed by atoms with Crippen LogP contribution in [0.25, 0.3) is 0 Å². The van der Waals surface area contributed by atoms with E-state index >= 15 is 0 Å². The van der Waals surface area contributed by atoms with Gasteiger partial charge < -0.3 is 19.7 Å². The normalized spacial score (nSPS) is 23.0. The van der Waals surface area contributed by atoms with E-state index in [1.54, 1.807) is 24.0 Å². The number of anilines is 1. The van der Waals surface area contributed by atoms with Gasteiger partial charge in [0.05, 0.1) is 30.3 Å². The Balaban J connectivity index is 1.51. The monoisotopic (exact) mass is 468 g/mol. The molecule has 2 heterocycles. The van der Waals surface area contributed by atoms with Crippen LogP contribution in [0.1, 0.15) is 20.8 Å². The molecule has 2 fully saturated rings. The number of nitrogens with one attached hydrogen (secondary N) is 1. The van der Waals surface area contributed by atoms with E-state index in [-0.39, 0.29) is 35.6 Å². The second kappa shape index (κ2) is 10.6. The molecule has 2 aliphatic heterocycles. The maximum atomic E-state index is 12.9. The Kier molecular flexibility index (Phi) is 8.10. The second-order valence-electron chi connectivity index (χ2n) is 8.11. The molecule has 0 saturated carbocycles. The molecule has 178 valence electrons. The highest BCUT2D eigenvalue weighted by atomic mass is 32.2. The minimum absolute atomic E-state index is 0.161. The first-order chi connectivity index (χ1) is 15.2. The smallest absolute Gasteiger partial charge is 0.409 e. The zero-order valence-electron chi connectivity index (χ0n) is 18.8. The van der Waals surface area contributed by atoms with Gasteiger partial charge in [0.25, 0.3) is 0 Å². The number of carbonyl (C=O) groups excluding carboxylic acids is 2. The SMILES string of the molecule is CCOC(=O)N1CCN(CC(=O)Nc2ccc(S(=O)(=O)N3CC(C)OC(C)C3)cc2)CC1. The highest BCUT2D eigenvalue weighted by Gasteiger charge is 2.32. The molecular weight excluding hydrogens is 436 g/mol. The fraction of sp³-hybridized carbons (Fsp3) is 0.619. The fourth-order valence-corrected chi connectivity index (χ4v) is 5.48. The van der Waals surface area contributed by atoms with Crippen molar-refractivity contribution in [2.45, 2.75) is 37.9 Å². The number of morpholine rings is 1. The quantitative estimate of drug-likeness (QED) is 0.668. The fourth-order valence-electron chi connectivity index (χ4n) is 3.89. The van der Waals surface area contributed by atoms with Crippen LogP contribution in [0.15, 0.2) is 29.2 Å². The number of ether oxygens (including phenoxy) is 2. The first-order valence-corrected chi connectivity index (χ1v) is 12.3. The largest absolute Gasteiger partial charge is 0.450 e. The number of benzene rings is 1. The van der Waals surface area contributed by atoms with Gasteiger partial charge in [-0.1, -0.05) is 0 Å². The standard InChI is InChI=1S/C21H32N4O6S/c1-4-30-21(27)24-11-9-23(10-12-24)15-20(26)22-18-5-7-19(8-6-18)32(28,29)25-13-16(2)31-17(3)14-25/h5-8,16-17H,4,9-15H2,1-3H3,(H,22,26). The third-order valence-corrected chi connectivity index (χ3v) is 7.27. The van der Waals surface area contributed by atoms with Crippen LogP contribution in [0.4, 0.5) is 10.5 Å². The molecule has 10 nitrogen and oxygen atoms in total. The van der Waals surface area contributed by atoms with Crippen LogP contribution >= 0.6 is 0 Å². The van der Waals surface area contributed by atoms with Gasteiger partial charge in [0, 0.05) is 45.0 Å². The number of amides is 2. The van der Waals surface area contributed by atoms with Crippen LogP contribution in [0.3, 0.4) is 0 Å². The van der Waals surface area contributed by atoms with Crippen molar-refractivity contribution in [1.29, 1.82) is 0 Å². The van der Waals surface area contributed by atoms with Crippen molar-refractivity contribution in [3.8, 4) is 0 Å². The minimum Gasteiger partial charge on any atom is -0.450 e. The van der Waals surface area contributed by atoms with Crippen LogP contribution in [-0.2, 0) is 24.3 Å². The van der Waals surface area contributed by atoms with Gasteiger partial charge in [-0.15, -0.1) is 0 Å². The van der Waals surface area contributed by atoms with Crippen molar-refractivity contribution in [1.82, 2.24) is 14.1 Å². The molecule has 2 aliphatic rings. The van der Waals surface area contributed by atoms with E-state index in [2.05, 4.69) is 5.32 Å². The van der Waals surface area contributed by atoms with E-state index in [1.807, 2.05) is 18.7 Å². The molecule has 11 heteroatoms. The minimum atomic E-state index is -3.62. The average Bonchev–Trinajstić information content (AvgIpc) is 2.74. The number of carbonyl (C=O) groups is 2. The lowest BCUT2D eigenvalue weighted by Crippen LogP contribution is -2.50. The summed E-state index contributed by atoms with van der Waals surface area (Å²) in [7, 11) is -3.62. The van der Waals surface area contributed by atoms with Gasteiger partial charge in [0.1, 0.15) is 0 Å². The average molecular weight is 469 g/mol. The molecular formula is C21H32N4O6S. The summed E-state index contributed by atoms with van der Waals surface area (Å²) in [6.07, 6.45) is -0.648. The van der Waals surface area contributed by atoms with Gasteiger partial charge in [0.15, 0.2) is 0 Å². The van der Waals surface area contributed by atoms with Gasteiger partial charge in [-0.25, -0.2) is 13.2 Å². The Bertz CT molecular complexity index is 889. The van der Waals surface area contributed by atoms with Gasteiger partial charge in [-0.05, 0) is 45.0 Å². The molecule has 0 bridgehead atoms. The summed E-state index contributed by atoms with van der Waals surface area (Å²) in [4.78, 5) is 27.9. The molecule has 0 aliphatic carbocycles. The Labute approximate surface area is 189 Å². The van der Waals surface area contributed by atoms with E-state index in [0.717, 1.165) is 0 Å². The molecule has 2 unspecified atom stereocenters. The summed E-state index contributed by atoms with van der Waals surface area (Å²) < 4.78 is 37.9. The van der Waals surface area contributed by atoms with Crippen molar-refractivity contribution in [3.05, 3.63) is 24.3 Å². The van der Waals surface area contributed by atoms with Crippen LogP contribution in [0, 0.1) is 0 Å². The zero-order chi connectivity index (χ0) is 23.3. The van der Waals surface area contributed by atoms with Crippen molar-refractivity contribution in [2.75, 3.05) is 57.7 Å². The molecule has 0 radical (unpaired) electrons. The van der Waals surface area contributed by atoms with Crippen molar-refractivity contribution in [3.63, 3.8) is 0 Å². The summed E-state index contributed by atoms with van der Waals surface area (Å²) in [6.45, 7) is 8.83. The van der Waals surface area contributed by atoms with E-state index in [1.165, 1.54) is 16.4 Å². The van der Waals surface area contributed by atoms with E-state index in [9.17, 15) is 18.0 Å². The maximum absolute atomic E-state index is 12.9. The predicted molar refractivity (Wildman–Crippen MR) is 119 cm³/mol. The van der Waals surface area contributed by atoms with E-state index < -0.39 is 10.0 Å². The third kappa shape index (κ3) is 6.18. The molecule has 2 saturated heterocycles. The predicted octanol–water partition coefficient (Wildman–Crippen LogP) is 1.20. The Morgan fingerprint density at radius 2 is 1.66 bits per heavy atom. The molecule has 0 spiro atoms. The first kappa shape index (κ1) is 24.4. The van der Waals surface area contributed by atoms with Crippen LogP contribution in [0.5, 0.6) is 0 Å². The van der Waals surface area contributed by atoms with Crippen molar-refractivity contribution < 1.29 is 27.5 Å². The van der Waals surface area contributed by atoms with Crippen LogP contribution in [0.2, 0.25) is 0 Å². The molecule has 1 aromatic carbocycles. The summed E-state index contributed by atoms with van der Waals surface area (Å²) in [5.74, 6) is -0.193. The van der Waals surface area contributed by atoms with Crippen molar-refractivity contribution >= 4 is 27.7 Å². The lowest BCUT2D eigenvalue weighted by molar-refractivity contribution is -0.117. The number of hydrogen-bond acceptors (Lipinski definition) is 7. The number of piperazine rings is 1. The van der Waals surface area contributed by atoms with Gasteiger partial charge >= 0.3 is 6.09 Å². The van der Waals surface area contributed by atoms with Crippen molar-refractivity contribution in [2.24, 2.45) is 0 Å². The molecule has 2 amide bonds. The molecule has 1 aromatic rings. The molecule has 32 heavy (non-hydrogen) atoms. The Hall–Kier alpha value is -2.21. The Morgan fingerprint density at radius 3 is 2.22 bits per heavy atom. The highest BCUT2D eigenvalue weighted by Crippen LogP contribution is 2.22. The number of nitrogens with zero attached hydrogens (tertiary/aromatic N) is 3. The number of hydrogen-bond donors (Lipinski definition) is 1. The van der Waals surface area contributed by atoms with Gasteiger partial charge in [-0.2, -0.15) is 4.31 Å². The van der Waals surface area contributed by atoms with E-state index in [4.69, 9.17) is 9.47 Å². The number of rotatable bonds is 6. The van der Waals surface area contributed by atoms with Crippen LogP contribution < -0.4 is 5.32 Å². The molecule has 3 rings (SSSR count). The summed E-state index contributed by atoms with van der Waals surface area (Å²) in [6, 6.07) is 6.20. The lowest BCUT2D eigenvalue weighted by atomic mass is 10.3. The summed E-state index contributed by atoms with van der Waals surface area (Å²) in [5.41, 5.74) is 0.530. The van der Waals surface area contributed by atoms with Gasteiger partial charge in [-0.3, -0.25) is 9.69 Å². The summed E-state index contributed by atoms with van der Waals surface area (Å²) in [5, 5.41) is 2.80. The zero-order valence-corrected chi connectivity index (χ0v) is 19.6. The lowest BCUT2D eigenvalue weighted by Gasteiger charge is -2.34. The highest BCUT2D eigenvalue weighted by molar-refractivity contribution is 7.89. The Morgan fingerprint density at radius 1 is 1.06 bits per heavy atom. The maximum Gasteiger partial charge on any atom is 0.409 e. The third-order valence-electron chi connectivity index (χ3n) is 5.43. The second-order valence-corrected chi connectivity index (χ2v) is 10.1. The first-order valence-electron chi connectivity index (χ1n) is 10.9. The molecule has 2 atom stereocenters. The topological polar surface area (TPSA) is 108 Å². The van der Waals surface area contributed by atoms with Crippen LogP contribution in [-0.4, -0.2) is 99.2 Å². The van der Waals surface area contributed by atoms with Gasteiger partial charge in [0.2, 0.25) is 15.9 Å².